The van der Waals surface area contributed by atoms with Gasteiger partial charge in [0.15, 0.2) is 0 Å². The molecule has 1 aromatic carbocycles. The Kier molecular flexibility index (Phi) is 7.64. The van der Waals surface area contributed by atoms with Gasteiger partial charge in [-0.05, 0) is 68.4 Å². The summed E-state index contributed by atoms with van der Waals surface area (Å²) in [5, 5.41) is 11.9. The minimum Gasteiger partial charge on any atom is -0.478 e. The Labute approximate surface area is 156 Å². The maximum atomic E-state index is 12.5. The quantitative estimate of drug-likeness (QED) is 0.522. The van der Waals surface area contributed by atoms with E-state index in [4.69, 9.17) is 5.11 Å². The van der Waals surface area contributed by atoms with E-state index >= 15 is 0 Å². The number of hydrogen-bond donors (Lipinski definition) is 2. The number of allylic oxidation sites excluding steroid dienone is 2. The molecule has 2 N–H and O–H groups in total. The predicted octanol–water partition coefficient (Wildman–Crippen LogP) is 5.20. The van der Waals surface area contributed by atoms with Gasteiger partial charge < -0.3 is 10.4 Å². The van der Waals surface area contributed by atoms with E-state index in [1.807, 2.05) is 32.0 Å². The molecule has 4 heteroatoms. The number of carboxylic acid groups (broad SMARTS) is 1. The Morgan fingerprint density at radius 1 is 1.19 bits per heavy atom. The zero-order chi connectivity index (χ0) is 18.9. The van der Waals surface area contributed by atoms with Crippen LogP contribution in [0.25, 0.3) is 6.08 Å². The van der Waals surface area contributed by atoms with Crippen LogP contribution >= 0.6 is 0 Å². The molecular weight excluding hydrogens is 326 g/mol. The van der Waals surface area contributed by atoms with Crippen molar-refractivity contribution in [2.75, 3.05) is 5.32 Å². The fraction of sp³-hybridized carbons (Fsp3) is 0.455. The highest BCUT2D eigenvalue weighted by atomic mass is 16.4. The van der Waals surface area contributed by atoms with Gasteiger partial charge >= 0.3 is 5.97 Å². The number of aliphatic carboxylic acids is 1. The van der Waals surface area contributed by atoms with Gasteiger partial charge in [0.1, 0.15) is 0 Å². The highest BCUT2D eigenvalue weighted by molar-refractivity contribution is 5.92. The van der Waals surface area contributed by atoms with Crippen molar-refractivity contribution in [1.29, 1.82) is 0 Å². The molecule has 0 radical (unpaired) electrons. The summed E-state index contributed by atoms with van der Waals surface area (Å²) in [6.45, 7) is 4.07. The second-order valence-corrected chi connectivity index (χ2v) is 7.33. The van der Waals surface area contributed by atoms with Gasteiger partial charge in [0.05, 0.1) is 0 Å². The first kappa shape index (κ1) is 20.0. The predicted molar refractivity (Wildman–Crippen MR) is 106 cm³/mol. The lowest BCUT2D eigenvalue weighted by Gasteiger charge is -2.21. The molecule has 1 aliphatic carbocycles. The Balaban J connectivity index is 2.12. The van der Waals surface area contributed by atoms with Gasteiger partial charge in [-0.25, -0.2) is 4.79 Å². The average molecular weight is 355 g/mol. The summed E-state index contributed by atoms with van der Waals surface area (Å²) in [5.41, 5.74) is 3.83. The monoisotopic (exact) mass is 355 g/mol. The number of anilines is 1. The van der Waals surface area contributed by atoms with Crippen molar-refractivity contribution in [1.82, 2.24) is 0 Å². The maximum absolute atomic E-state index is 12.5. The maximum Gasteiger partial charge on any atom is 0.328 e. The lowest BCUT2D eigenvalue weighted by atomic mass is 9.87. The molecule has 0 aliphatic heterocycles. The SMILES string of the molecule is CC(C)=CCc1cc(/C=C/C(=O)O)ccc1NC(=O)CC1CCCCC1. The molecule has 1 aliphatic rings. The first-order chi connectivity index (χ1) is 12.4. The van der Waals surface area contributed by atoms with Gasteiger partial charge in [0, 0.05) is 18.2 Å². The van der Waals surface area contributed by atoms with Crippen molar-refractivity contribution in [3.8, 4) is 0 Å². The molecule has 4 nitrogen and oxygen atoms in total. The minimum absolute atomic E-state index is 0.0733. The van der Waals surface area contributed by atoms with Crippen LogP contribution in [0.15, 0.2) is 35.9 Å². The molecule has 1 aromatic rings. The van der Waals surface area contributed by atoms with E-state index in [1.54, 1.807) is 6.08 Å². The van der Waals surface area contributed by atoms with Gasteiger partial charge in [-0.1, -0.05) is 37.0 Å². The van der Waals surface area contributed by atoms with Crippen molar-refractivity contribution in [2.24, 2.45) is 5.92 Å². The standard InChI is InChI=1S/C22H29NO3/c1-16(2)8-11-19-14-18(10-13-22(25)26)9-12-20(19)23-21(24)15-17-6-4-3-5-7-17/h8-10,12-14,17H,3-7,11,15H2,1-2H3,(H,23,24)(H,25,26)/b13-10+. The van der Waals surface area contributed by atoms with Crippen LogP contribution in [0.4, 0.5) is 5.69 Å². The highest BCUT2D eigenvalue weighted by Gasteiger charge is 2.17. The first-order valence-corrected chi connectivity index (χ1v) is 9.41. The van der Waals surface area contributed by atoms with Gasteiger partial charge in [-0.2, -0.15) is 0 Å². The normalized spacial score (nSPS) is 15.0. The third-order valence-electron chi connectivity index (χ3n) is 4.75. The average Bonchev–Trinajstić information content (AvgIpc) is 2.60. The van der Waals surface area contributed by atoms with Crippen molar-refractivity contribution in [3.05, 3.63) is 47.1 Å². The van der Waals surface area contributed by atoms with Crippen molar-refractivity contribution in [2.45, 2.75) is 58.8 Å². The van der Waals surface area contributed by atoms with Crippen LogP contribution in [0.1, 0.15) is 63.5 Å². The lowest BCUT2D eigenvalue weighted by Crippen LogP contribution is -2.19. The van der Waals surface area contributed by atoms with Gasteiger partial charge in [0.2, 0.25) is 5.91 Å². The van der Waals surface area contributed by atoms with Crippen LogP contribution in [0.5, 0.6) is 0 Å². The summed E-state index contributed by atoms with van der Waals surface area (Å²) in [6.07, 6.45) is 12.1. The van der Waals surface area contributed by atoms with Crippen molar-refractivity contribution < 1.29 is 14.7 Å². The molecule has 0 spiro atoms. The smallest absolute Gasteiger partial charge is 0.328 e. The molecule has 140 valence electrons. The molecule has 1 saturated carbocycles. The van der Waals surface area contributed by atoms with Crippen LogP contribution < -0.4 is 5.32 Å². The Bertz CT molecular complexity index is 693. The van der Waals surface area contributed by atoms with Crippen LogP contribution in [0, 0.1) is 5.92 Å². The zero-order valence-corrected chi connectivity index (χ0v) is 15.8. The fourth-order valence-electron chi connectivity index (χ4n) is 3.34. The number of carboxylic acids is 1. The van der Waals surface area contributed by atoms with E-state index in [1.165, 1.54) is 24.8 Å². The molecular formula is C22H29NO3. The van der Waals surface area contributed by atoms with Gasteiger partial charge in [0.25, 0.3) is 0 Å². The molecule has 0 unspecified atom stereocenters. The molecule has 1 fully saturated rings. The number of nitrogens with one attached hydrogen (secondary N) is 1. The number of carbonyl (C=O) groups is 2. The molecule has 1 amide bonds. The Morgan fingerprint density at radius 2 is 1.92 bits per heavy atom. The summed E-state index contributed by atoms with van der Waals surface area (Å²) in [7, 11) is 0. The summed E-state index contributed by atoms with van der Waals surface area (Å²) in [4.78, 5) is 23.2. The summed E-state index contributed by atoms with van der Waals surface area (Å²) in [5.74, 6) is -0.396. The van der Waals surface area contributed by atoms with Crippen LogP contribution in [-0.4, -0.2) is 17.0 Å². The second kappa shape index (κ2) is 9.95. The topological polar surface area (TPSA) is 66.4 Å². The number of amides is 1. The van der Waals surface area contributed by atoms with Crippen molar-refractivity contribution in [3.63, 3.8) is 0 Å². The molecule has 0 heterocycles. The molecule has 0 saturated heterocycles. The van der Waals surface area contributed by atoms with E-state index in [-0.39, 0.29) is 5.91 Å². The fourth-order valence-corrected chi connectivity index (χ4v) is 3.34. The van der Waals surface area contributed by atoms with Crippen LogP contribution in [0.3, 0.4) is 0 Å². The van der Waals surface area contributed by atoms with Crippen LogP contribution in [0.2, 0.25) is 0 Å². The van der Waals surface area contributed by atoms with E-state index < -0.39 is 5.97 Å². The van der Waals surface area contributed by atoms with E-state index in [9.17, 15) is 9.59 Å². The number of carbonyl (C=O) groups excluding carboxylic acids is 1. The zero-order valence-electron chi connectivity index (χ0n) is 15.8. The van der Waals surface area contributed by atoms with Gasteiger partial charge in [-0.15, -0.1) is 0 Å². The lowest BCUT2D eigenvalue weighted by molar-refractivity contribution is -0.131. The summed E-state index contributed by atoms with van der Waals surface area (Å²) in [6, 6.07) is 5.64. The Morgan fingerprint density at radius 3 is 2.58 bits per heavy atom. The molecule has 0 bridgehead atoms. The summed E-state index contributed by atoms with van der Waals surface area (Å²) < 4.78 is 0. The van der Waals surface area contributed by atoms with Gasteiger partial charge in [-0.3, -0.25) is 4.79 Å². The molecule has 2 rings (SSSR count). The highest BCUT2D eigenvalue weighted by Crippen LogP contribution is 2.27. The Hall–Kier alpha value is -2.36. The first-order valence-electron chi connectivity index (χ1n) is 9.41. The van der Waals surface area contributed by atoms with Crippen LogP contribution in [-0.2, 0) is 16.0 Å². The third kappa shape index (κ3) is 6.87. The van der Waals surface area contributed by atoms with Crippen molar-refractivity contribution >= 4 is 23.6 Å². The number of rotatable bonds is 7. The molecule has 0 aromatic heterocycles. The van der Waals surface area contributed by atoms with E-state index in [2.05, 4.69) is 11.4 Å². The minimum atomic E-state index is -0.972. The largest absolute Gasteiger partial charge is 0.478 e. The third-order valence-corrected chi connectivity index (χ3v) is 4.75. The number of hydrogen-bond acceptors (Lipinski definition) is 2. The summed E-state index contributed by atoms with van der Waals surface area (Å²) >= 11 is 0. The number of benzene rings is 1. The molecule has 26 heavy (non-hydrogen) atoms. The van der Waals surface area contributed by atoms with E-state index in [0.717, 1.165) is 35.7 Å². The second-order valence-electron chi connectivity index (χ2n) is 7.33. The molecule has 0 atom stereocenters. The van der Waals surface area contributed by atoms with E-state index in [0.29, 0.717) is 18.8 Å².